The van der Waals surface area contributed by atoms with Crippen LogP contribution in [-0.4, -0.2) is 48.5 Å². The van der Waals surface area contributed by atoms with E-state index in [0.717, 1.165) is 38.5 Å². The second-order valence-electron chi connectivity index (χ2n) is 5.35. The Morgan fingerprint density at radius 2 is 2.30 bits per heavy atom. The first-order valence-corrected chi connectivity index (χ1v) is 8.30. The van der Waals surface area contributed by atoms with Gasteiger partial charge >= 0.3 is 0 Å². The van der Waals surface area contributed by atoms with Crippen LogP contribution in [0.2, 0.25) is 0 Å². The Labute approximate surface area is 137 Å². The molecule has 0 radical (unpaired) electrons. The van der Waals surface area contributed by atoms with Crippen LogP contribution in [0.5, 0.6) is 0 Å². The van der Waals surface area contributed by atoms with Crippen LogP contribution in [0.1, 0.15) is 51.4 Å². The van der Waals surface area contributed by atoms with Gasteiger partial charge in [-0.05, 0) is 33.6 Å². The van der Waals surface area contributed by atoms with Gasteiger partial charge in [0, 0.05) is 26.3 Å². The summed E-state index contributed by atoms with van der Waals surface area (Å²) in [7, 11) is 0. The molecule has 1 aromatic heterocycles. The third-order valence-corrected chi connectivity index (χ3v) is 3.50. The number of ether oxygens (including phenoxy) is 2. The molecule has 8 nitrogen and oxygen atoms in total. The summed E-state index contributed by atoms with van der Waals surface area (Å²) in [5, 5.41) is 10.4. The summed E-state index contributed by atoms with van der Waals surface area (Å²) < 4.78 is 16.2. The van der Waals surface area contributed by atoms with Crippen molar-refractivity contribution >= 4 is 5.96 Å². The van der Waals surface area contributed by atoms with Crippen LogP contribution >= 0.6 is 0 Å². The van der Waals surface area contributed by atoms with Gasteiger partial charge in [-0.2, -0.15) is 4.98 Å². The van der Waals surface area contributed by atoms with Gasteiger partial charge in [-0.25, -0.2) is 4.99 Å². The van der Waals surface area contributed by atoms with Crippen LogP contribution in [0.3, 0.4) is 0 Å². The quantitative estimate of drug-likeness (QED) is 0.551. The fourth-order valence-electron chi connectivity index (χ4n) is 2.33. The first-order valence-electron chi connectivity index (χ1n) is 8.30. The molecule has 0 spiro atoms. The molecule has 2 atom stereocenters. The lowest BCUT2D eigenvalue weighted by molar-refractivity contribution is 0.0683. The zero-order chi connectivity index (χ0) is 16.5. The molecule has 1 aromatic rings. The molecule has 2 rings (SSSR count). The molecule has 2 N–H and O–H groups in total. The number of aliphatic imine (C=N–C) groups is 1. The number of hydrogen-bond donors (Lipinski definition) is 2. The molecule has 130 valence electrons. The maximum absolute atomic E-state index is 5.60. The molecule has 0 aliphatic carbocycles. The minimum absolute atomic E-state index is 0.174. The van der Waals surface area contributed by atoms with E-state index >= 15 is 0 Å². The average molecular weight is 325 g/mol. The highest BCUT2D eigenvalue weighted by atomic mass is 16.5. The Kier molecular flexibility index (Phi) is 7.28. The molecule has 1 fully saturated rings. The van der Waals surface area contributed by atoms with Gasteiger partial charge in [-0.15, -0.1) is 0 Å². The van der Waals surface area contributed by atoms with Crippen molar-refractivity contribution in [2.45, 2.75) is 52.4 Å². The third-order valence-electron chi connectivity index (χ3n) is 3.50. The van der Waals surface area contributed by atoms with E-state index in [1.54, 1.807) is 0 Å². The minimum Gasteiger partial charge on any atom is -0.376 e. The maximum atomic E-state index is 5.60. The number of nitrogens with one attached hydrogen (secondary N) is 2. The van der Waals surface area contributed by atoms with E-state index in [4.69, 9.17) is 14.0 Å². The Bertz CT molecular complexity index is 485. The van der Waals surface area contributed by atoms with Crippen molar-refractivity contribution in [2.24, 2.45) is 4.99 Å². The van der Waals surface area contributed by atoms with E-state index in [1.165, 1.54) is 0 Å². The van der Waals surface area contributed by atoms with E-state index in [2.05, 4.69) is 25.8 Å². The van der Waals surface area contributed by atoms with Gasteiger partial charge in [0.2, 0.25) is 5.89 Å². The standard InChI is InChI=1S/C15H27N5O3/c1-4-16-15(17-9-12-7-6-8-22-12)18-10-13-19-14(20-23-13)11(3)21-5-2/h11-12H,4-10H2,1-3H3,(H2,16,17,18). The zero-order valence-electron chi connectivity index (χ0n) is 14.2. The van der Waals surface area contributed by atoms with Crippen molar-refractivity contribution in [2.75, 3.05) is 26.3 Å². The Balaban J connectivity index is 1.86. The van der Waals surface area contributed by atoms with Crippen LogP contribution in [0.25, 0.3) is 0 Å². The summed E-state index contributed by atoms with van der Waals surface area (Å²) in [6.07, 6.45) is 2.31. The number of guanidine groups is 1. The third kappa shape index (κ3) is 5.80. The minimum atomic E-state index is -0.174. The van der Waals surface area contributed by atoms with Crippen LogP contribution in [0.4, 0.5) is 0 Å². The van der Waals surface area contributed by atoms with E-state index < -0.39 is 0 Å². The lowest BCUT2D eigenvalue weighted by atomic mass is 10.2. The van der Waals surface area contributed by atoms with Crippen molar-refractivity contribution in [3.8, 4) is 0 Å². The smallest absolute Gasteiger partial charge is 0.248 e. The van der Waals surface area contributed by atoms with Gasteiger partial charge in [0.25, 0.3) is 0 Å². The van der Waals surface area contributed by atoms with Crippen LogP contribution in [0.15, 0.2) is 9.52 Å². The summed E-state index contributed by atoms with van der Waals surface area (Å²) in [5.41, 5.74) is 0. The molecule has 0 amide bonds. The van der Waals surface area contributed by atoms with Gasteiger partial charge in [0.1, 0.15) is 12.6 Å². The predicted octanol–water partition coefficient (Wildman–Crippen LogP) is 1.40. The number of hydrogen-bond acceptors (Lipinski definition) is 6. The van der Waals surface area contributed by atoms with Crippen molar-refractivity contribution in [3.63, 3.8) is 0 Å². The summed E-state index contributed by atoms with van der Waals surface area (Å²) in [6, 6.07) is 0. The SMILES string of the molecule is CCNC(=NCc1nc(C(C)OCC)no1)NCC1CCCO1. The summed E-state index contributed by atoms with van der Waals surface area (Å²) in [5.74, 6) is 1.75. The summed E-state index contributed by atoms with van der Waals surface area (Å²) in [6.45, 7) is 9.18. The molecule has 2 unspecified atom stereocenters. The Hall–Kier alpha value is -1.67. The molecule has 0 aromatic carbocycles. The van der Waals surface area contributed by atoms with Gasteiger partial charge in [0.05, 0.1) is 6.10 Å². The molecule has 8 heteroatoms. The fourth-order valence-corrected chi connectivity index (χ4v) is 2.33. The molecular formula is C15H27N5O3. The average Bonchev–Trinajstić information content (AvgIpc) is 3.21. The molecule has 0 bridgehead atoms. The van der Waals surface area contributed by atoms with E-state index in [1.807, 2.05) is 20.8 Å². The van der Waals surface area contributed by atoms with Crippen LogP contribution in [-0.2, 0) is 16.0 Å². The Morgan fingerprint density at radius 1 is 1.43 bits per heavy atom. The topological polar surface area (TPSA) is 93.8 Å². The number of nitrogens with zero attached hydrogens (tertiary/aromatic N) is 3. The highest BCUT2D eigenvalue weighted by Crippen LogP contribution is 2.13. The Morgan fingerprint density at radius 3 is 3.00 bits per heavy atom. The summed E-state index contributed by atoms with van der Waals surface area (Å²) in [4.78, 5) is 8.77. The fraction of sp³-hybridized carbons (Fsp3) is 0.800. The first kappa shape index (κ1) is 17.7. The molecule has 1 aliphatic rings. The van der Waals surface area contributed by atoms with Gasteiger partial charge in [-0.3, -0.25) is 0 Å². The lowest BCUT2D eigenvalue weighted by Gasteiger charge is -2.14. The van der Waals surface area contributed by atoms with Crippen molar-refractivity contribution in [1.29, 1.82) is 0 Å². The number of rotatable bonds is 8. The van der Waals surface area contributed by atoms with Gasteiger partial charge in [0.15, 0.2) is 11.8 Å². The molecular weight excluding hydrogens is 298 g/mol. The molecule has 2 heterocycles. The largest absolute Gasteiger partial charge is 0.376 e. The molecule has 23 heavy (non-hydrogen) atoms. The highest BCUT2D eigenvalue weighted by molar-refractivity contribution is 5.79. The highest BCUT2D eigenvalue weighted by Gasteiger charge is 2.16. The van der Waals surface area contributed by atoms with Crippen molar-refractivity contribution in [1.82, 2.24) is 20.8 Å². The molecule has 1 aliphatic heterocycles. The van der Waals surface area contributed by atoms with Crippen LogP contribution < -0.4 is 10.6 Å². The molecule has 0 saturated carbocycles. The number of aromatic nitrogens is 2. The van der Waals surface area contributed by atoms with E-state index in [-0.39, 0.29) is 12.2 Å². The van der Waals surface area contributed by atoms with E-state index in [9.17, 15) is 0 Å². The predicted molar refractivity (Wildman–Crippen MR) is 86.1 cm³/mol. The molecule has 1 saturated heterocycles. The summed E-state index contributed by atoms with van der Waals surface area (Å²) >= 11 is 0. The van der Waals surface area contributed by atoms with Gasteiger partial charge in [-0.1, -0.05) is 5.16 Å². The van der Waals surface area contributed by atoms with Crippen molar-refractivity contribution in [3.05, 3.63) is 11.7 Å². The second kappa shape index (κ2) is 9.46. The zero-order valence-corrected chi connectivity index (χ0v) is 14.2. The van der Waals surface area contributed by atoms with Crippen LogP contribution in [0, 0.1) is 0 Å². The monoisotopic (exact) mass is 325 g/mol. The lowest BCUT2D eigenvalue weighted by Crippen LogP contribution is -2.41. The van der Waals surface area contributed by atoms with Gasteiger partial charge < -0.3 is 24.6 Å². The first-order chi connectivity index (χ1) is 11.2. The maximum Gasteiger partial charge on any atom is 0.248 e. The normalized spacial score (nSPS) is 19.8. The second-order valence-corrected chi connectivity index (χ2v) is 5.35. The van der Waals surface area contributed by atoms with Crippen molar-refractivity contribution < 1.29 is 14.0 Å². The van der Waals surface area contributed by atoms with E-state index in [0.29, 0.717) is 24.9 Å².